The third kappa shape index (κ3) is 6.69. The summed E-state index contributed by atoms with van der Waals surface area (Å²) in [5, 5.41) is 6.09. The summed E-state index contributed by atoms with van der Waals surface area (Å²) in [5.74, 6) is 0.284. The molecule has 0 spiro atoms. The third-order valence-corrected chi connectivity index (χ3v) is 4.93. The Labute approximate surface area is 197 Å². The van der Waals surface area contributed by atoms with Gasteiger partial charge in [0.2, 0.25) is 6.08 Å². The largest absolute Gasteiger partial charge is 0.331 e. The maximum absolute atomic E-state index is 11.2. The zero-order valence-electron chi connectivity index (χ0n) is 15.7. The Balaban J connectivity index is 0.00000300. The number of benzene rings is 3. The molecular formula is C22H17N2O3SU-. The number of nitrogens with zero attached hydrogens (tertiary/aromatic N) is 2. The molecule has 5 nitrogen and oxygen atoms in total. The van der Waals surface area contributed by atoms with Gasteiger partial charge in [0, 0.05) is 55.1 Å². The summed E-state index contributed by atoms with van der Waals surface area (Å²) in [6.07, 6.45) is 2.14. The number of fused-ring (bicyclic) bond motifs is 1. The van der Waals surface area contributed by atoms with E-state index in [9.17, 15) is 9.59 Å². The number of carbonyl (C=O) groups is 1. The third-order valence-electron chi connectivity index (χ3n) is 3.92. The van der Waals surface area contributed by atoms with E-state index in [1.165, 1.54) is 13.0 Å². The number of oxime groups is 1. The molecule has 0 amide bonds. The van der Waals surface area contributed by atoms with Crippen molar-refractivity contribution in [3.8, 4) is 0 Å². The first kappa shape index (κ1) is 23.1. The smallest absolute Gasteiger partial charge is 0.318 e. The van der Waals surface area contributed by atoms with Crippen LogP contribution < -0.4 is 0 Å². The zero-order valence-corrected chi connectivity index (χ0v) is 20.7. The predicted octanol–water partition coefficient (Wildman–Crippen LogP) is 5.06. The molecule has 3 aromatic carbocycles. The molecule has 0 bridgehead atoms. The Kier molecular flexibility index (Phi) is 9.37. The molecule has 144 valence electrons. The van der Waals surface area contributed by atoms with Crippen molar-refractivity contribution in [2.75, 3.05) is 5.75 Å². The Bertz CT molecular complexity index is 1060. The second kappa shape index (κ2) is 11.7. The average molecular weight is 627 g/mol. The molecule has 0 unspecified atom stereocenters. The van der Waals surface area contributed by atoms with Gasteiger partial charge in [-0.1, -0.05) is 28.2 Å². The van der Waals surface area contributed by atoms with E-state index in [0.717, 1.165) is 27.0 Å². The van der Waals surface area contributed by atoms with Gasteiger partial charge in [0.25, 0.3) is 0 Å². The summed E-state index contributed by atoms with van der Waals surface area (Å²) < 4.78 is 0. The van der Waals surface area contributed by atoms with Crippen molar-refractivity contribution >= 4 is 46.0 Å². The number of aliphatic imine (C=N–C) groups is 1. The Morgan fingerprint density at radius 1 is 1.14 bits per heavy atom. The van der Waals surface area contributed by atoms with Crippen molar-refractivity contribution in [2.45, 2.75) is 18.2 Å². The number of isocyanates is 1. The maximum atomic E-state index is 11.2. The van der Waals surface area contributed by atoms with E-state index < -0.39 is 5.97 Å². The second-order valence-corrected chi connectivity index (χ2v) is 7.02. The van der Waals surface area contributed by atoms with Gasteiger partial charge >= 0.3 is 5.97 Å². The molecule has 0 heterocycles. The molecule has 29 heavy (non-hydrogen) atoms. The van der Waals surface area contributed by atoms with Gasteiger partial charge in [-0.25, -0.2) is 9.59 Å². The van der Waals surface area contributed by atoms with Gasteiger partial charge in [-0.15, -0.1) is 47.5 Å². The number of hydrogen-bond donors (Lipinski definition) is 0. The van der Waals surface area contributed by atoms with Crippen molar-refractivity contribution in [2.24, 2.45) is 10.1 Å². The van der Waals surface area contributed by atoms with Crippen LogP contribution in [0.4, 0.5) is 5.69 Å². The van der Waals surface area contributed by atoms with Crippen LogP contribution in [0.2, 0.25) is 0 Å². The van der Waals surface area contributed by atoms with Crippen LogP contribution in [0.15, 0.2) is 75.7 Å². The maximum Gasteiger partial charge on any atom is 0.331 e. The molecule has 0 saturated carbocycles. The molecule has 7 heteroatoms. The van der Waals surface area contributed by atoms with Crippen LogP contribution in [0.25, 0.3) is 10.8 Å². The van der Waals surface area contributed by atoms with E-state index in [1.807, 2.05) is 48.5 Å². The van der Waals surface area contributed by atoms with Crippen LogP contribution in [0.5, 0.6) is 0 Å². The average Bonchev–Trinajstić information content (AvgIpc) is 2.71. The number of hydrogen-bond acceptors (Lipinski definition) is 6. The first-order valence-electron chi connectivity index (χ1n) is 8.62. The number of carbonyl (C=O) groups excluding carboxylic acids is 2. The molecule has 0 aliphatic carbocycles. The predicted molar refractivity (Wildman–Crippen MR) is 111 cm³/mol. The topological polar surface area (TPSA) is 68.1 Å². The summed E-state index contributed by atoms with van der Waals surface area (Å²) >= 11 is 1.64. The number of rotatable bonds is 7. The van der Waals surface area contributed by atoms with Crippen molar-refractivity contribution < 1.29 is 45.5 Å². The van der Waals surface area contributed by atoms with E-state index >= 15 is 0 Å². The SMILES string of the molecule is CC(=O)O/N=C(\CCSc1ccc(N=C=O)cc1)c1cc[c-]c2ccccc12.[U]. The molecule has 0 N–H and O–H groups in total. The zero-order chi connectivity index (χ0) is 19.8. The molecule has 3 aromatic rings. The van der Waals surface area contributed by atoms with Crippen LogP contribution >= 0.6 is 11.8 Å². The Hall–Kier alpha value is -2.16. The molecule has 0 aromatic heterocycles. The van der Waals surface area contributed by atoms with Crippen LogP contribution in [0.3, 0.4) is 0 Å². The van der Waals surface area contributed by atoms with E-state index in [4.69, 9.17) is 4.84 Å². The normalized spacial score (nSPS) is 10.7. The van der Waals surface area contributed by atoms with Gasteiger partial charge < -0.3 is 4.84 Å². The van der Waals surface area contributed by atoms with Gasteiger partial charge in [-0.05, 0) is 24.3 Å². The van der Waals surface area contributed by atoms with Crippen molar-refractivity contribution in [3.05, 3.63) is 72.3 Å². The summed E-state index contributed by atoms with van der Waals surface area (Å²) in [7, 11) is 0. The Morgan fingerprint density at radius 3 is 2.62 bits per heavy atom. The summed E-state index contributed by atoms with van der Waals surface area (Å²) in [6.45, 7) is 1.33. The quantitative estimate of drug-likeness (QED) is 0.0919. The van der Waals surface area contributed by atoms with Crippen LogP contribution in [0, 0.1) is 37.2 Å². The second-order valence-electron chi connectivity index (χ2n) is 5.85. The Morgan fingerprint density at radius 2 is 1.90 bits per heavy atom. The van der Waals surface area contributed by atoms with Gasteiger partial charge in [0.1, 0.15) is 0 Å². The molecule has 3 rings (SSSR count). The summed E-state index contributed by atoms with van der Waals surface area (Å²) in [6, 6.07) is 22.2. The fourth-order valence-corrected chi connectivity index (χ4v) is 3.54. The first-order valence-corrected chi connectivity index (χ1v) is 9.61. The summed E-state index contributed by atoms with van der Waals surface area (Å²) in [4.78, 5) is 31.1. The fraction of sp³-hybridized carbons (Fsp3) is 0.136. The molecule has 0 fully saturated rings. The van der Waals surface area contributed by atoms with Crippen molar-refractivity contribution in [3.63, 3.8) is 0 Å². The van der Waals surface area contributed by atoms with Crippen LogP contribution in [-0.4, -0.2) is 23.5 Å². The molecule has 0 aliphatic heterocycles. The fourth-order valence-electron chi connectivity index (χ4n) is 2.68. The monoisotopic (exact) mass is 627 g/mol. The minimum Gasteiger partial charge on any atom is -0.318 e. The standard InChI is InChI=1S/C22H17N2O3S.U/c1-16(26)27-24-22(21-8-4-6-17-5-2-3-7-20(17)21)13-14-28-19-11-9-18(10-12-19)23-15-25;/h2-5,7-12H,13-14H2,1H3;/q-1;/b24-22+;. The minimum absolute atomic E-state index is 0. The van der Waals surface area contributed by atoms with Crippen LogP contribution in [-0.2, 0) is 14.4 Å². The van der Waals surface area contributed by atoms with E-state index in [1.54, 1.807) is 23.9 Å². The van der Waals surface area contributed by atoms with Gasteiger partial charge in [0.15, 0.2) is 0 Å². The molecule has 0 atom stereocenters. The van der Waals surface area contributed by atoms with E-state index in [2.05, 4.69) is 16.2 Å². The minimum atomic E-state index is -0.455. The van der Waals surface area contributed by atoms with Gasteiger partial charge in [-0.2, -0.15) is 4.99 Å². The molecule has 0 radical (unpaired) electrons. The summed E-state index contributed by atoms with van der Waals surface area (Å²) in [5.41, 5.74) is 2.20. The van der Waals surface area contributed by atoms with E-state index in [0.29, 0.717) is 17.8 Å². The first-order chi connectivity index (χ1) is 13.7. The van der Waals surface area contributed by atoms with Gasteiger partial charge in [-0.3, -0.25) is 0 Å². The molecular weight excluding hydrogens is 610 g/mol. The number of thioether (sulfide) groups is 1. The molecule has 0 aliphatic rings. The van der Waals surface area contributed by atoms with Crippen LogP contribution in [0.1, 0.15) is 18.9 Å². The van der Waals surface area contributed by atoms with E-state index in [-0.39, 0.29) is 31.1 Å². The van der Waals surface area contributed by atoms with Crippen molar-refractivity contribution in [1.29, 1.82) is 0 Å². The van der Waals surface area contributed by atoms with Crippen molar-refractivity contribution in [1.82, 2.24) is 0 Å². The molecule has 0 saturated heterocycles. The van der Waals surface area contributed by atoms with Gasteiger partial charge in [0.05, 0.1) is 11.4 Å².